The lowest BCUT2D eigenvalue weighted by Crippen LogP contribution is -2.12. The number of H-pyrrole nitrogens is 1. The Morgan fingerprint density at radius 1 is 1.09 bits per heavy atom. The van der Waals surface area contributed by atoms with E-state index in [0.29, 0.717) is 27.1 Å². The second-order valence-corrected chi connectivity index (χ2v) is 7.53. The minimum absolute atomic E-state index is 0.167. The Morgan fingerprint density at radius 3 is 2.78 bits per heavy atom. The van der Waals surface area contributed by atoms with E-state index in [1.165, 1.54) is 6.20 Å². The SMILES string of the molecule is O=S(=O)(Nc1ccc2nsnc2c1)c1c[nH]c2cc(Cl)ccc12. The molecule has 116 valence electrons. The van der Waals surface area contributed by atoms with Gasteiger partial charge in [0.25, 0.3) is 10.0 Å². The lowest BCUT2D eigenvalue weighted by atomic mass is 10.2. The van der Waals surface area contributed by atoms with E-state index in [-0.39, 0.29) is 4.90 Å². The summed E-state index contributed by atoms with van der Waals surface area (Å²) in [6.07, 6.45) is 1.45. The summed E-state index contributed by atoms with van der Waals surface area (Å²) in [7, 11) is -3.73. The Morgan fingerprint density at radius 2 is 1.91 bits per heavy atom. The van der Waals surface area contributed by atoms with Crippen LogP contribution in [-0.4, -0.2) is 22.1 Å². The zero-order valence-electron chi connectivity index (χ0n) is 11.4. The average molecular weight is 365 g/mol. The summed E-state index contributed by atoms with van der Waals surface area (Å²) in [5, 5.41) is 1.12. The summed E-state index contributed by atoms with van der Waals surface area (Å²) in [6.45, 7) is 0. The van der Waals surface area contributed by atoms with Gasteiger partial charge in [0.1, 0.15) is 15.9 Å². The van der Waals surface area contributed by atoms with Gasteiger partial charge in [-0.05, 0) is 36.4 Å². The Hall–Kier alpha value is -2.16. The van der Waals surface area contributed by atoms with Crippen LogP contribution in [0.4, 0.5) is 5.69 Å². The molecule has 4 aromatic rings. The Bertz CT molecular complexity index is 1130. The van der Waals surface area contributed by atoms with Crippen molar-refractivity contribution in [2.45, 2.75) is 4.90 Å². The van der Waals surface area contributed by atoms with E-state index in [9.17, 15) is 8.42 Å². The summed E-state index contributed by atoms with van der Waals surface area (Å²) < 4.78 is 36.0. The molecule has 2 heterocycles. The van der Waals surface area contributed by atoms with Gasteiger partial charge in [0.15, 0.2) is 0 Å². The van der Waals surface area contributed by atoms with Gasteiger partial charge < -0.3 is 4.98 Å². The van der Waals surface area contributed by atoms with Gasteiger partial charge >= 0.3 is 0 Å². The van der Waals surface area contributed by atoms with Crippen LogP contribution in [0.1, 0.15) is 0 Å². The van der Waals surface area contributed by atoms with Gasteiger partial charge in [-0.3, -0.25) is 4.72 Å². The van der Waals surface area contributed by atoms with Crippen molar-refractivity contribution >= 4 is 61.0 Å². The minimum Gasteiger partial charge on any atom is -0.360 e. The second-order valence-electron chi connectivity index (χ2n) is 4.92. The number of benzene rings is 2. The number of hydrogen-bond acceptors (Lipinski definition) is 5. The average Bonchev–Trinajstić information content (AvgIpc) is 3.12. The van der Waals surface area contributed by atoms with E-state index >= 15 is 0 Å². The molecule has 6 nitrogen and oxygen atoms in total. The van der Waals surface area contributed by atoms with Crippen molar-refractivity contribution in [3.05, 3.63) is 47.6 Å². The molecule has 0 spiro atoms. The highest BCUT2D eigenvalue weighted by molar-refractivity contribution is 7.93. The van der Waals surface area contributed by atoms with E-state index in [2.05, 4.69) is 18.5 Å². The van der Waals surface area contributed by atoms with E-state index in [4.69, 9.17) is 11.6 Å². The Balaban J connectivity index is 1.76. The van der Waals surface area contributed by atoms with Gasteiger partial charge in [0.2, 0.25) is 0 Å². The van der Waals surface area contributed by atoms with Crippen LogP contribution in [-0.2, 0) is 10.0 Å². The topological polar surface area (TPSA) is 87.7 Å². The molecule has 0 aliphatic carbocycles. The number of nitrogens with zero attached hydrogens (tertiary/aromatic N) is 2. The van der Waals surface area contributed by atoms with Crippen LogP contribution in [0.25, 0.3) is 21.9 Å². The first-order valence-corrected chi connectivity index (χ1v) is 9.14. The van der Waals surface area contributed by atoms with Crippen LogP contribution in [0.3, 0.4) is 0 Å². The van der Waals surface area contributed by atoms with Gasteiger partial charge in [-0.1, -0.05) is 11.6 Å². The molecule has 23 heavy (non-hydrogen) atoms. The first-order chi connectivity index (χ1) is 11.0. The predicted molar refractivity (Wildman–Crippen MR) is 91.5 cm³/mol. The van der Waals surface area contributed by atoms with E-state index in [1.807, 2.05) is 0 Å². The molecule has 4 rings (SSSR count). The maximum atomic E-state index is 12.6. The summed E-state index contributed by atoms with van der Waals surface area (Å²) in [5.74, 6) is 0. The van der Waals surface area contributed by atoms with Crippen LogP contribution in [0.2, 0.25) is 5.02 Å². The minimum atomic E-state index is -3.73. The molecule has 2 N–H and O–H groups in total. The number of halogens is 1. The lowest BCUT2D eigenvalue weighted by Gasteiger charge is -2.07. The van der Waals surface area contributed by atoms with Crippen LogP contribution in [0, 0.1) is 0 Å². The molecule has 0 atom stereocenters. The maximum Gasteiger partial charge on any atom is 0.264 e. The van der Waals surface area contributed by atoms with Crippen molar-refractivity contribution in [3.8, 4) is 0 Å². The van der Waals surface area contributed by atoms with Gasteiger partial charge in [-0.2, -0.15) is 8.75 Å². The van der Waals surface area contributed by atoms with E-state index < -0.39 is 10.0 Å². The lowest BCUT2D eigenvalue weighted by molar-refractivity contribution is 0.602. The maximum absolute atomic E-state index is 12.6. The number of rotatable bonds is 3. The molecule has 0 radical (unpaired) electrons. The molecule has 9 heteroatoms. The molecule has 0 saturated carbocycles. The number of anilines is 1. The largest absolute Gasteiger partial charge is 0.360 e. The molecule has 0 aliphatic heterocycles. The summed E-state index contributed by atoms with van der Waals surface area (Å²) in [6, 6.07) is 10.1. The first kappa shape index (κ1) is 14.4. The van der Waals surface area contributed by atoms with Crippen molar-refractivity contribution in [2.24, 2.45) is 0 Å². The number of nitrogens with one attached hydrogen (secondary N) is 2. The fraction of sp³-hybridized carbons (Fsp3) is 0. The molecular weight excluding hydrogens is 356 g/mol. The third-order valence-corrected chi connectivity index (χ3v) is 5.61. The molecule has 0 unspecified atom stereocenters. The van der Waals surface area contributed by atoms with E-state index in [0.717, 1.165) is 17.2 Å². The number of fused-ring (bicyclic) bond motifs is 2. The first-order valence-electron chi connectivity index (χ1n) is 6.55. The summed E-state index contributed by atoms with van der Waals surface area (Å²) in [5.41, 5.74) is 2.49. The fourth-order valence-electron chi connectivity index (χ4n) is 2.35. The standard InChI is InChI=1S/C14H9ClN4O2S2/c15-8-1-3-10-12(5-8)16-7-14(10)23(20,21)19-9-2-4-11-13(6-9)18-22-17-11/h1-7,16,19H. The normalized spacial score (nSPS) is 12.0. The smallest absolute Gasteiger partial charge is 0.264 e. The summed E-state index contributed by atoms with van der Waals surface area (Å²) >= 11 is 7.01. The number of sulfonamides is 1. The van der Waals surface area contributed by atoms with Crippen molar-refractivity contribution in [1.29, 1.82) is 0 Å². The monoisotopic (exact) mass is 364 g/mol. The van der Waals surface area contributed by atoms with E-state index in [1.54, 1.807) is 36.4 Å². The molecule has 0 amide bonds. The third-order valence-electron chi connectivity index (χ3n) is 3.40. The third kappa shape index (κ3) is 2.54. The molecule has 0 saturated heterocycles. The van der Waals surface area contributed by atoms with Crippen molar-refractivity contribution < 1.29 is 8.42 Å². The highest BCUT2D eigenvalue weighted by Crippen LogP contribution is 2.27. The number of aromatic amines is 1. The highest BCUT2D eigenvalue weighted by atomic mass is 35.5. The molecule has 0 aliphatic rings. The fourth-order valence-corrected chi connectivity index (χ4v) is 4.27. The zero-order chi connectivity index (χ0) is 16.0. The molecule has 2 aromatic heterocycles. The van der Waals surface area contributed by atoms with Crippen LogP contribution >= 0.6 is 23.3 Å². The quantitative estimate of drug-likeness (QED) is 0.581. The molecule has 0 fully saturated rings. The van der Waals surface area contributed by atoms with Crippen molar-refractivity contribution in [3.63, 3.8) is 0 Å². The van der Waals surface area contributed by atoms with Crippen LogP contribution in [0.15, 0.2) is 47.5 Å². The summed E-state index contributed by atoms with van der Waals surface area (Å²) in [4.78, 5) is 3.09. The van der Waals surface area contributed by atoms with Gasteiger partial charge in [-0.15, -0.1) is 0 Å². The van der Waals surface area contributed by atoms with Gasteiger partial charge in [0, 0.05) is 22.1 Å². The predicted octanol–water partition coefficient (Wildman–Crippen LogP) is 3.63. The number of hydrogen-bond donors (Lipinski definition) is 2. The molecule has 0 bridgehead atoms. The van der Waals surface area contributed by atoms with Gasteiger partial charge in [-0.25, -0.2) is 8.42 Å². The number of aromatic nitrogens is 3. The van der Waals surface area contributed by atoms with Gasteiger partial charge in [0.05, 0.1) is 17.4 Å². The second kappa shape index (κ2) is 5.19. The Labute approximate surface area is 140 Å². The Kier molecular flexibility index (Phi) is 3.26. The molecular formula is C14H9ClN4O2S2. The highest BCUT2D eigenvalue weighted by Gasteiger charge is 2.19. The van der Waals surface area contributed by atoms with Crippen molar-refractivity contribution in [2.75, 3.05) is 4.72 Å². The zero-order valence-corrected chi connectivity index (χ0v) is 13.8. The van der Waals surface area contributed by atoms with Crippen molar-refractivity contribution in [1.82, 2.24) is 13.7 Å². The van der Waals surface area contributed by atoms with Crippen LogP contribution in [0.5, 0.6) is 0 Å². The van der Waals surface area contributed by atoms with Crippen LogP contribution < -0.4 is 4.72 Å². The molecule has 2 aromatic carbocycles.